The molecule has 0 bridgehead atoms. The van der Waals surface area contributed by atoms with E-state index in [9.17, 15) is 14.7 Å². The summed E-state index contributed by atoms with van der Waals surface area (Å²) in [6.07, 6.45) is 1.50. The van der Waals surface area contributed by atoms with E-state index in [1.807, 2.05) is 0 Å². The first-order valence-corrected chi connectivity index (χ1v) is 9.83. The van der Waals surface area contributed by atoms with Crippen LogP contribution >= 0.6 is 34.5 Å². The van der Waals surface area contributed by atoms with Crippen molar-refractivity contribution >= 4 is 51.9 Å². The number of aromatic nitrogens is 1. The van der Waals surface area contributed by atoms with Crippen molar-refractivity contribution in [1.82, 2.24) is 4.98 Å². The number of thiazole rings is 1. The number of hydrogen-bond donors (Lipinski definition) is 1. The zero-order valence-electron chi connectivity index (χ0n) is 14.2. The Hall–Kier alpha value is -2.67. The van der Waals surface area contributed by atoms with E-state index in [-0.39, 0.29) is 10.6 Å². The van der Waals surface area contributed by atoms with Gasteiger partial charge in [0.25, 0.3) is 5.91 Å². The van der Waals surface area contributed by atoms with Crippen molar-refractivity contribution in [2.24, 2.45) is 0 Å². The van der Waals surface area contributed by atoms with Gasteiger partial charge in [-0.15, -0.1) is 11.3 Å². The Bertz CT molecular complexity index is 1080. The lowest BCUT2D eigenvalue weighted by molar-refractivity contribution is -0.117. The molecule has 0 aliphatic carbocycles. The number of aliphatic hydroxyl groups excluding tert-OH is 1. The minimum atomic E-state index is -0.817. The first kappa shape index (κ1) is 18.7. The molecule has 1 aliphatic heterocycles. The molecule has 0 spiro atoms. The molecule has 2 heterocycles. The third-order valence-electron chi connectivity index (χ3n) is 4.37. The minimum Gasteiger partial charge on any atom is -0.503 e. The third-order valence-corrected chi connectivity index (χ3v) is 5.65. The van der Waals surface area contributed by atoms with Crippen molar-refractivity contribution in [3.05, 3.63) is 92.1 Å². The van der Waals surface area contributed by atoms with Crippen molar-refractivity contribution in [2.75, 3.05) is 4.90 Å². The average Bonchev–Trinajstić information content (AvgIpc) is 3.31. The fourth-order valence-corrected chi connectivity index (χ4v) is 3.96. The second-order valence-electron chi connectivity index (χ2n) is 6.03. The molecular weight excluding hydrogens is 419 g/mol. The van der Waals surface area contributed by atoms with E-state index in [2.05, 4.69) is 4.98 Å². The molecule has 2 aromatic carbocycles. The van der Waals surface area contributed by atoms with Crippen LogP contribution in [-0.2, 0) is 4.79 Å². The summed E-state index contributed by atoms with van der Waals surface area (Å²) in [5.74, 6) is -1.74. The van der Waals surface area contributed by atoms with Gasteiger partial charge in [0.1, 0.15) is 0 Å². The predicted octanol–water partition coefficient (Wildman–Crippen LogP) is 5.23. The number of anilines is 1. The van der Waals surface area contributed by atoms with E-state index < -0.39 is 23.5 Å². The van der Waals surface area contributed by atoms with Crippen LogP contribution in [-0.4, -0.2) is 21.8 Å². The number of amides is 1. The van der Waals surface area contributed by atoms with Gasteiger partial charge in [0.2, 0.25) is 5.78 Å². The van der Waals surface area contributed by atoms with Gasteiger partial charge >= 0.3 is 0 Å². The number of rotatable bonds is 4. The maximum absolute atomic E-state index is 13.0. The topological polar surface area (TPSA) is 70.5 Å². The summed E-state index contributed by atoms with van der Waals surface area (Å²) in [4.78, 5) is 31.4. The van der Waals surface area contributed by atoms with Gasteiger partial charge in [0.05, 0.1) is 11.6 Å². The van der Waals surface area contributed by atoms with Gasteiger partial charge in [0.15, 0.2) is 10.8 Å². The molecule has 3 aromatic rings. The Morgan fingerprint density at radius 3 is 2.21 bits per heavy atom. The molecule has 8 heteroatoms. The number of carbonyl (C=O) groups is 2. The van der Waals surface area contributed by atoms with E-state index >= 15 is 0 Å². The van der Waals surface area contributed by atoms with Gasteiger partial charge in [-0.2, -0.15) is 0 Å². The molecular formula is C20H12Cl2N2O3S. The van der Waals surface area contributed by atoms with Crippen LogP contribution in [0.2, 0.25) is 10.0 Å². The second-order valence-corrected chi connectivity index (χ2v) is 7.80. The van der Waals surface area contributed by atoms with E-state index in [4.69, 9.17) is 23.2 Å². The van der Waals surface area contributed by atoms with Crippen LogP contribution < -0.4 is 4.90 Å². The van der Waals surface area contributed by atoms with Crippen molar-refractivity contribution < 1.29 is 14.7 Å². The van der Waals surface area contributed by atoms with Crippen molar-refractivity contribution in [2.45, 2.75) is 6.04 Å². The van der Waals surface area contributed by atoms with Crippen LogP contribution in [0.25, 0.3) is 0 Å². The number of ketones is 1. The molecule has 1 N–H and O–H groups in total. The highest BCUT2D eigenvalue weighted by molar-refractivity contribution is 7.11. The van der Waals surface area contributed by atoms with Gasteiger partial charge in [-0.3, -0.25) is 14.5 Å². The number of benzene rings is 2. The quantitative estimate of drug-likeness (QED) is 0.574. The Morgan fingerprint density at radius 2 is 1.64 bits per heavy atom. The van der Waals surface area contributed by atoms with E-state index in [0.29, 0.717) is 21.3 Å². The highest BCUT2D eigenvalue weighted by Gasteiger charge is 2.45. The summed E-state index contributed by atoms with van der Waals surface area (Å²) in [5.41, 5.74) is 1.12. The molecule has 1 aromatic heterocycles. The summed E-state index contributed by atoms with van der Waals surface area (Å²) in [7, 11) is 0. The van der Waals surface area contributed by atoms with Crippen molar-refractivity contribution in [3.63, 3.8) is 0 Å². The summed E-state index contributed by atoms with van der Waals surface area (Å²) < 4.78 is 0. The molecule has 1 aliphatic rings. The molecule has 0 radical (unpaired) electrons. The second kappa shape index (κ2) is 7.39. The van der Waals surface area contributed by atoms with Gasteiger partial charge in [0, 0.05) is 27.3 Å². The summed E-state index contributed by atoms with van der Waals surface area (Å²) in [5, 5.41) is 13.5. The van der Waals surface area contributed by atoms with Gasteiger partial charge in [-0.25, -0.2) is 4.98 Å². The average molecular weight is 431 g/mol. The maximum Gasteiger partial charge on any atom is 0.294 e. The lowest BCUT2D eigenvalue weighted by Gasteiger charge is -2.26. The van der Waals surface area contributed by atoms with Crippen molar-refractivity contribution in [1.29, 1.82) is 0 Å². The highest BCUT2D eigenvalue weighted by atomic mass is 35.5. The first-order chi connectivity index (χ1) is 13.5. The number of nitrogens with zero attached hydrogens (tertiary/aromatic N) is 2. The first-order valence-electron chi connectivity index (χ1n) is 8.19. The van der Waals surface area contributed by atoms with Crippen LogP contribution in [0.15, 0.2) is 71.4 Å². The lowest BCUT2D eigenvalue weighted by Crippen LogP contribution is -2.31. The number of halogens is 2. The Labute approximate surface area is 174 Å². The fraction of sp³-hybridized carbons (Fsp3) is 0.0500. The molecule has 1 unspecified atom stereocenters. The van der Waals surface area contributed by atoms with Crippen LogP contribution in [0.1, 0.15) is 21.4 Å². The third kappa shape index (κ3) is 3.20. The number of carbonyl (C=O) groups excluding carboxylic acids is 2. The van der Waals surface area contributed by atoms with Crippen LogP contribution in [0.3, 0.4) is 0 Å². The molecule has 5 nitrogen and oxygen atoms in total. The van der Waals surface area contributed by atoms with Crippen LogP contribution in [0.4, 0.5) is 5.69 Å². The summed E-state index contributed by atoms with van der Waals surface area (Å²) in [6.45, 7) is 0. The standard InChI is InChI=1S/C20H12Cl2N2O3S/c21-12-3-1-11(2-4-12)16-15(17(25)19-23-9-10-28-19)18(26)20(27)24(16)14-7-5-13(22)6-8-14/h1-10,16,26H. The number of Topliss-reactive ketones (excluding diaryl/α,β-unsaturated/α-hetero) is 1. The van der Waals surface area contributed by atoms with E-state index in [0.717, 1.165) is 11.3 Å². The maximum atomic E-state index is 13.0. The van der Waals surface area contributed by atoms with Crippen LogP contribution in [0.5, 0.6) is 0 Å². The zero-order chi connectivity index (χ0) is 19.8. The fourth-order valence-electron chi connectivity index (χ4n) is 3.12. The highest BCUT2D eigenvalue weighted by Crippen LogP contribution is 2.42. The summed E-state index contributed by atoms with van der Waals surface area (Å²) in [6, 6.07) is 12.6. The number of aliphatic hydroxyl groups is 1. The van der Waals surface area contributed by atoms with Crippen LogP contribution in [0, 0.1) is 0 Å². The van der Waals surface area contributed by atoms with E-state index in [1.54, 1.807) is 53.9 Å². The number of hydrogen-bond acceptors (Lipinski definition) is 5. The molecule has 0 fully saturated rings. The van der Waals surface area contributed by atoms with Gasteiger partial charge < -0.3 is 5.11 Å². The molecule has 28 heavy (non-hydrogen) atoms. The lowest BCUT2D eigenvalue weighted by atomic mass is 9.96. The van der Waals surface area contributed by atoms with Gasteiger partial charge in [-0.05, 0) is 42.0 Å². The Balaban J connectivity index is 1.88. The molecule has 4 rings (SSSR count). The zero-order valence-corrected chi connectivity index (χ0v) is 16.5. The summed E-state index contributed by atoms with van der Waals surface area (Å²) >= 11 is 13.1. The Morgan fingerprint density at radius 1 is 1.04 bits per heavy atom. The smallest absolute Gasteiger partial charge is 0.294 e. The minimum absolute atomic E-state index is 0.0165. The largest absolute Gasteiger partial charge is 0.503 e. The normalized spacial score (nSPS) is 16.7. The SMILES string of the molecule is O=C(C1=C(O)C(=O)N(c2ccc(Cl)cc2)C1c1ccc(Cl)cc1)c1nccs1. The molecule has 1 atom stereocenters. The van der Waals surface area contributed by atoms with Crippen molar-refractivity contribution in [3.8, 4) is 0 Å². The molecule has 0 saturated carbocycles. The van der Waals surface area contributed by atoms with E-state index in [1.165, 1.54) is 11.1 Å². The van der Waals surface area contributed by atoms with Gasteiger partial charge in [-0.1, -0.05) is 35.3 Å². The predicted molar refractivity (Wildman–Crippen MR) is 109 cm³/mol. The molecule has 0 saturated heterocycles. The molecule has 1 amide bonds. The monoisotopic (exact) mass is 430 g/mol. The molecule has 140 valence electrons. The Kier molecular flexibility index (Phi) is 4.93.